The van der Waals surface area contributed by atoms with Crippen LogP contribution in [0.1, 0.15) is 5.56 Å². The molecule has 2 aromatic carbocycles. The maximum Gasteiger partial charge on any atom is 0.417 e. The first-order valence-corrected chi connectivity index (χ1v) is 8.52. The Morgan fingerprint density at radius 1 is 1.09 bits per heavy atom. The molecule has 0 aliphatic rings. The molecule has 120 valence electrons. The van der Waals surface area contributed by atoms with Crippen LogP contribution in [0.4, 0.5) is 18.9 Å². The summed E-state index contributed by atoms with van der Waals surface area (Å²) in [6.07, 6.45) is -3.56. The van der Waals surface area contributed by atoms with Crippen LogP contribution in [0.25, 0.3) is 11.1 Å². The number of hydrogen-bond donors (Lipinski definition) is 0. The van der Waals surface area contributed by atoms with E-state index < -0.39 is 21.6 Å². The smallest absolute Gasteiger partial charge is 0.224 e. The van der Waals surface area contributed by atoms with Crippen molar-refractivity contribution in [1.82, 2.24) is 0 Å². The van der Waals surface area contributed by atoms with E-state index in [9.17, 15) is 21.6 Å². The largest absolute Gasteiger partial charge is 0.417 e. The number of nitrogens with zero attached hydrogens (tertiary/aromatic N) is 1. The van der Waals surface area contributed by atoms with E-state index in [4.69, 9.17) is 0 Å². The number of alkyl halides is 3. The summed E-state index contributed by atoms with van der Waals surface area (Å²) >= 11 is 4.39. The Balaban J connectivity index is 2.61. The number of thiocarbonyl (C=S) groups is 1. The third kappa shape index (κ3) is 4.04. The van der Waals surface area contributed by atoms with E-state index in [0.29, 0.717) is 0 Å². The molecule has 0 fully saturated rings. The number of halogens is 3. The Labute approximate surface area is 136 Å². The van der Waals surface area contributed by atoms with Crippen LogP contribution < -0.4 is 0 Å². The zero-order valence-electron chi connectivity index (χ0n) is 11.8. The Morgan fingerprint density at radius 3 is 2.17 bits per heavy atom. The average molecular weight is 357 g/mol. The molecule has 0 bridgehead atoms. The van der Waals surface area contributed by atoms with E-state index in [-0.39, 0.29) is 21.7 Å². The van der Waals surface area contributed by atoms with Gasteiger partial charge in [0.05, 0.1) is 21.3 Å². The highest BCUT2D eigenvalue weighted by molar-refractivity contribution is 7.90. The maximum atomic E-state index is 13.2. The predicted molar refractivity (Wildman–Crippen MR) is 84.7 cm³/mol. The summed E-state index contributed by atoms with van der Waals surface area (Å²) in [6, 6.07) is 8.74. The van der Waals surface area contributed by atoms with E-state index >= 15 is 0 Å². The molecule has 0 spiro atoms. The Hall–Kier alpha value is -2.02. The van der Waals surface area contributed by atoms with Crippen molar-refractivity contribution in [2.45, 2.75) is 11.1 Å². The zero-order chi connectivity index (χ0) is 17.3. The van der Waals surface area contributed by atoms with Gasteiger partial charge in [0, 0.05) is 6.26 Å². The summed E-state index contributed by atoms with van der Waals surface area (Å²) in [6.45, 7) is 0. The molecule has 0 amide bonds. The first-order valence-electron chi connectivity index (χ1n) is 6.22. The van der Waals surface area contributed by atoms with E-state index in [0.717, 1.165) is 12.3 Å². The summed E-state index contributed by atoms with van der Waals surface area (Å²) in [7, 11) is -3.41. The van der Waals surface area contributed by atoms with Gasteiger partial charge in [0.25, 0.3) is 0 Å². The number of aliphatic imine (C=N–C) groups is 1. The summed E-state index contributed by atoms with van der Waals surface area (Å²) < 4.78 is 62.5. The van der Waals surface area contributed by atoms with Gasteiger partial charge in [0.15, 0.2) is 9.84 Å². The van der Waals surface area contributed by atoms with Gasteiger partial charge in [-0.2, -0.15) is 18.2 Å². The van der Waals surface area contributed by atoms with E-state index in [1.54, 1.807) is 0 Å². The molecule has 2 rings (SSSR count). The third-order valence-electron chi connectivity index (χ3n) is 3.08. The number of rotatable bonds is 3. The van der Waals surface area contributed by atoms with Gasteiger partial charge in [-0.3, -0.25) is 0 Å². The van der Waals surface area contributed by atoms with E-state index in [1.165, 1.54) is 36.4 Å². The van der Waals surface area contributed by atoms with Crippen LogP contribution in [0.3, 0.4) is 0 Å². The highest BCUT2D eigenvalue weighted by atomic mass is 32.2. The average Bonchev–Trinajstić information content (AvgIpc) is 2.46. The normalized spacial score (nSPS) is 11.8. The maximum absolute atomic E-state index is 13.2. The predicted octanol–water partition coefficient (Wildman–Crippen LogP) is 4.51. The SMILES string of the molecule is CS(=O)(=O)c1ccc(-c2ccc(N=C=S)cc2C(F)(F)F)cc1. The molecule has 0 N–H and O–H groups in total. The fourth-order valence-corrected chi connectivity index (χ4v) is 2.76. The van der Waals surface area contributed by atoms with Crippen LogP contribution in [0, 0.1) is 0 Å². The van der Waals surface area contributed by atoms with Gasteiger partial charge in [0.1, 0.15) is 0 Å². The molecule has 0 unspecified atom stereocenters. The second kappa shape index (κ2) is 6.23. The molecule has 23 heavy (non-hydrogen) atoms. The van der Waals surface area contributed by atoms with Gasteiger partial charge in [-0.1, -0.05) is 18.2 Å². The lowest BCUT2D eigenvalue weighted by Crippen LogP contribution is -2.07. The summed E-state index contributed by atoms with van der Waals surface area (Å²) in [5.74, 6) is 0. The van der Waals surface area contributed by atoms with Crippen molar-refractivity contribution in [3.63, 3.8) is 0 Å². The summed E-state index contributed by atoms with van der Waals surface area (Å²) in [5.41, 5.74) is -0.650. The molecule has 0 aliphatic heterocycles. The van der Waals surface area contributed by atoms with Gasteiger partial charge in [-0.15, -0.1) is 0 Å². The molecular formula is C15H10F3NO2S2. The second-order valence-corrected chi connectivity index (χ2v) is 6.93. The van der Waals surface area contributed by atoms with Crippen molar-refractivity contribution in [3.8, 4) is 11.1 Å². The molecule has 0 heterocycles. The molecule has 0 saturated heterocycles. The van der Waals surface area contributed by atoms with E-state index in [2.05, 4.69) is 17.2 Å². The van der Waals surface area contributed by atoms with Crippen molar-refractivity contribution in [3.05, 3.63) is 48.0 Å². The number of benzene rings is 2. The minimum absolute atomic E-state index is 0.0386. The van der Waals surface area contributed by atoms with Crippen molar-refractivity contribution in [2.24, 2.45) is 4.99 Å². The summed E-state index contributed by atoms with van der Waals surface area (Å²) in [4.78, 5) is 3.59. The van der Waals surface area contributed by atoms with Crippen LogP contribution in [-0.4, -0.2) is 19.8 Å². The van der Waals surface area contributed by atoms with Gasteiger partial charge in [-0.05, 0) is 47.6 Å². The molecular weight excluding hydrogens is 347 g/mol. The lowest BCUT2D eigenvalue weighted by atomic mass is 9.99. The molecule has 0 radical (unpaired) electrons. The lowest BCUT2D eigenvalue weighted by Gasteiger charge is -2.14. The Kier molecular flexibility index (Phi) is 4.70. The second-order valence-electron chi connectivity index (χ2n) is 4.73. The van der Waals surface area contributed by atoms with Crippen LogP contribution >= 0.6 is 12.2 Å². The van der Waals surface area contributed by atoms with Crippen molar-refractivity contribution >= 4 is 32.9 Å². The molecule has 0 atom stereocenters. The highest BCUT2D eigenvalue weighted by Crippen LogP contribution is 2.39. The fourth-order valence-electron chi connectivity index (χ4n) is 2.02. The Bertz CT molecular complexity index is 882. The van der Waals surface area contributed by atoms with Crippen LogP contribution in [0.2, 0.25) is 0 Å². The lowest BCUT2D eigenvalue weighted by molar-refractivity contribution is -0.137. The van der Waals surface area contributed by atoms with Gasteiger partial charge in [-0.25, -0.2) is 8.42 Å². The zero-order valence-corrected chi connectivity index (χ0v) is 13.4. The Morgan fingerprint density at radius 2 is 1.70 bits per heavy atom. The van der Waals surface area contributed by atoms with Crippen LogP contribution in [-0.2, 0) is 16.0 Å². The monoisotopic (exact) mass is 357 g/mol. The molecule has 0 saturated carbocycles. The minimum atomic E-state index is -4.59. The number of sulfone groups is 1. The number of hydrogen-bond acceptors (Lipinski definition) is 4. The molecule has 3 nitrogen and oxygen atoms in total. The first-order chi connectivity index (χ1) is 10.6. The van der Waals surface area contributed by atoms with Crippen molar-refractivity contribution in [2.75, 3.05) is 6.26 Å². The highest BCUT2D eigenvalue weighted by Gasteiger charge is 2.34. The van der Waals surface area contributed by atoms with Crippen LogP contribution in [0.5, 0.6) is 0 Å². The molecule has 8 heteroatoms. The summed E-state index contributed by atoms with van der Waals surface area (Å²) in [5, 5.41) is 2.02. The standard InChI is InChI=1S/C15H10F3NO2S2/c1-23(20,21)12-5-2-10(3-6-12)13-7-4-11(19-9-22)8-14(13)15(16,17)18/h2-8H,1H3. The van der Waals surface area contributed by atoms with Crippen molar-refractivity contribution < 1.29 is 21.6 Å². The van der Waals surface area contributed by atoms with Gasteiger partial charge >= 0.3 is 6.18 Å². The number of isothiocyanates is 1. The topological polar surface area (TPSA) is 46.5 Å². The molecule has 0 aliphatic carbocycles. The fraction of sp³-hybridized carbons (Fsp3) is 0.133. The first kappa shape index (κ1) is 17.3. The van der Waals surface area contributed by atoms with Gasteiger partial charge < -0.3 is 0 Å². The molecule has 2 aromatic rings. The third-order valence-corrected chi connectivity index (χ3v) is 4.30. The molecule has 0 aromatic heterocycles. The van der Waals surface area contributed by atoms with Crippen LogP contribution in [0.15, 0.2) is 52.4 Å². The quantitative estimate of drug-likeness (QED) is 0.600. The van der Waals surface area contributed by atoms with Crippen molar-refractivity contribution in [1.29, 1.82) is 0 Å². The van der Waals surface area contributed by atoms with E-state index in [1.807, 2.05) is 5.16 Å². The van der Waals surface area contributed by atoms with Gasteiger partial charge in [0.2, 0.25) is 0 Å². The minimum Gasteiger partial charge on any atom is -0.224 e.